The van der Waals surface area contributed by atoms with Crippen molar-refractivity contribution in [2.75, 3.05) is 4.90 Å². The van der Waals surface area contributed by atoms with Gasteiger partial charge in [-0.25, -0.2) is 0 Å². The number of nitrogens with zero attached hydrogens (tertiary/aromatic N) is 1. The van der Waals surface area contributed by atoms with Crippen molar-refractivity contribution in [1.82, 2.24) is 0 Å². The molecule has 0 saturated heterocycles. The van der Waals surface area contributed by atoms with E-state index in [-0.39, 0.29) is 17.4 Å². The van der Waals surface area contributed by atoms with Crippen molar-refractivity contribution in [1.29, 1.82) is 5.41 Å². The quantitative estimate of drug-likeness (QED) is 0.399. The summed E-state index contributed by atoms with van der Waals surface area (Å²) >= 11 is 6.46. The Labute approximate surface area is 204 Å². The number of aliphatic hydroxyl groups is 1. The summed E-state index contributed by atoms with van der Waals surface area (Å²) in [6.45, 7) is 1.93. The molecule has 0 unspecified atom stereocenters. The molecule has 5 heteroatoms. The zero-order chi connectivity index (χ0) is 23.8. The van der Waals surface area contributed by atoms with E-state index in [2.05, 4.69) is 0 Å². The van der Waals surface area contributed by atoms with E-state index in [1.807, 2.05) is 85.8 Å². The van der Waals surface area contributed by atoms with Crippen molar-refractivity contribution in [2.24, 2.45) is 0 Å². The Morgan fingerprint density at radius 3 is 2.35 bits per heavy atom. The third-order valence-electron chi connectivity index (χ3n) is 6.60. The van der Waals surface area contributed by atoms with E-state index in [9.17, 15) is 15.3 Å². The summed E-state index contributed by atoms with van der Waals surface area (Å²) in [4.78, 5) is 15.2. The largest absolute Gasteiger partial charge is 0.507 e. The molecule has 1 aliphatic carbocycles. The number of halogens is 1. The van der Waals surface area contributed by atoms with Gasteiger partial charge >= 0.3 is 0 Å². The van der Waals surface area contributed by atoms with Crippen LogP contribution in [-0.4, -0.2) is 16.7 Å². The van der Waals surface area contributed by atoms with Crippen LogP contribution in [-0.2, 0) is 4.79 Å². The number of allylic oxidation sites excluding steroid dienone is 2. The first-order valence-corrected chi connectivity index (χ1v) is 11.8. The average Bonchev–Trinajstić information content (AvgIpc) is 2.86. The number of rotatable bonds is 3. The monoisotopic (exact) mass is 468 g/mol. The maximum Gasteiger partial charge on any atom is 0.161 e. The van der Waals surface area contributed by atoms with Crippen LogP contribution in [0.25, 0.3) is 5.76 Å². The summed E-state index contributed by atoms with van der Waals surface area (Å²) in [7, 11) is 0. The molecule has 0 aromatic heterocycles. The number of Topliss-reactive ketones (excluding diaryl/α,β-unsaturated/α-hetero) is 1. The fraction of sp³-hybridized carbons (Fsp3) is 0.172. The van der Waals surface area contributed by atoms with Gasteiger partial charge in [-0.1, -0.05) is 78.3 Å². The number of amidine groups is 1. The zero-order valence-corrected chi connectivity index (χ0v) is 19.6. The van der Waals surface area contributed by atoms with Gasteiger partial charge in [0.15, 0.2) is 5.78 Å². The van der Waals surface area contributed by atoms with Crippen LogP contribution in [0.2, 0.25) is 5.02 Å². The first kappa shape index (κ1) is 22.2. The number of aliphatic hydroxyl groups excluding tert-OH is 1. The molecule has 34 heavy (non-hydrogen) atoms. The van der Waals surface area contributed by atoms with Crippen molar-refractivity contribution in [3.05, 3.63) is 117 Å². The zero-order valence-electron chi connectivity index (χ0n) is 18.9. The molecule has 0 amide bonds. The molecule has 5 rings (SSSR count). The second kappa shape index (κ2) is 8.96. The van der Waals surface area contributed by atoms with Crippen molar-refractivity contribution in [3.63, 3.8) is 0 Å². The summed E-state index contributed by atoms with van der Waals surface area (Å²) in [5, 5.41) is 21.5. The second-order valence-corrected chi connectivity index (χ2v) is 9.13. The maximum atomic E-state index is 13.4. The van der Waals surface area contributed by atoms with Crippen molar-refractivity contribution >= 4 is 34.7 Å². The highest BCUT2D eigenvalue weighted by atomic mass is 35.5. The molecular weight excluding hydrogens is 444 g/mol. The van der Waals surface area contributed by atoms with Gasteiger partial charge in [-0.2, -0.15) is 0 Å². The van der Waals surface area contributed by atoms with Gasteiger partial charge in [-0.3, -0.25) is 15.1 Å². The molecule has 0 saturated carbocycles. The lowest BCUT2D eigenvalue weighted by Crippen LogP contribution is -2.42. The van der Waals surface area contributed by atoms with E-state index >= 15 is 0 Å². The van der Waals surface area contributed by atoms with E-state index < -0.39 is 5.92 Å². The van der Waals surface area contributed by atoms with E-state index in [1.165, 1.54) is 0 Å². The minimum Gasteiger partial charge on any atom is -0.507 e. The molecule has 1 atom stereocenters. The van der Waals surface area contributed by atoms with Crippen LogP contribution in [0.1, 0.15) is 41.9 Å². The number of anilines is 1. The van der Waals surface area contributed by atoms with Gasteiger partial charge in [0.2, 0.25) is 0 Å². The summed E-state index contributed by atoms with van der Waals surface area (Å²) in [5.41, 5.74) is 5.04. The van der Waals surface area contributed by atoms with Crippen LogP contribution in [0.3, 0.4) is 0 Å². The van der Waals surface area contributed by atoms with Gasteiger partial charge < -0.3 is 5.11 Å². The third-order valence-corrected chi connectivity index (χ3v) is 7.01. The van der Waals surface area contributed by atoms with Crippen LogP contribution < -0.4 is 4.90 Å². The lowest BCUT2D eigenvalue weighted by Gasteiger charge is -2.42. The topological polar surface area (TPSA) is 64.4 Å². The molecule has 0 radical (unpaired) electrons. The molecule has 3 aromatic carbocycles. The van der Waals surface area contributed by atoms with Gasteiger partial charge in [0.25, 0.3) is 0 Å². The van der Waals surface area contributed by atoms with Crippen LogP contribution >= 0.6 is 11.6 Å². The molecular formula is C29H25ClN2O2. The Morgan fingerprint density at radius 1 is 1.00 bits per heavy atom. The minimum atomic E-state index is -0.520. The number of aryl methyl sites for hydroxylation is 1. The maximum absolute atomic E-state index is 13.4. The Morgan fingerprint density at radius 2 is 1.68 bits per heavy atom. The van der Waals surface area contributed by atoms with E-state index in [1.54, 1.807) is 4.90 Å². The van der Waals surface area contributed by atoms with Gasteiger partial charge in [0.05, 0.1) is 0 Å². The molecule has 0 spiro atoms. The summed E-state index contributed by atoms with van der Waals surface area (Å²) in [5.74, 6) is -0.297. The molecule has 2 N–H and O–H groups in total. The lowest BCUT2D eigenvalue weighted by molar-refractivity contribution is -0.116. The molecule has 0 fully saturated rings. The van der Waals surface area contributed by atoms with Crippen molar-refractivity contribution in [2.45, 2.75) is 32.1 Å². The second-order valence-electron chi connectivity index (χ2n) is 8.73. The van der Waals surface area contributed by atoms with E-state index in [0.717, 1.165) is 23.2 Å². The first-order chi connectivity index (χ1) is 16.5. The smallest absolute Gasteiger partial charge is 0.161 e. The van der Waals surface area contributed by atoms with Crippen LogP contribution in [0, 0.1) is 12.3 Å². The highest BCUT2D eigenvalue weighted by Gasteiger charge is 2.43. The molecule has 0 bridgehead atoms. The van der Waals surface area contributed by atoms with Gasteiger partial charge in [0, 0.05) is 45.5 Å². The van der Waals surface area contributed by atoms with Gasteiger partial charge in [-0.05, 0) is 43.0 Å². The predicted molar refractivity (Wildman–Crippen MR) is 137 cm³/mol. The first-order valence-electron chi connectivity index (χ1n) is 11.4. The van der Waals surface area contributed by atoms with E-state index in [0.29, 0.717) is 40.3 Å². The Hall–Kier alpha value is -3.63. The fourth-order valence-electron chi connectivity index (χ4n) is 4.93. The normalized spacial score (nSPS) is 19.8. The number of nitrogens with one attached hydrogen (secondary N) is 1. The number of hydrogen-bond acceptors (Lipinski definition) is 3. The SMILES string of the molecule is Cc1ccc(N2C(=N)C(=C(O)c3ccccc3)[C@H](c3ccccc3)C3=C2CCCC3=O)cc1Cl. The standard InChI is InChI=1S/C29H25ClN2O2/c1-18-15-16-21(17-22(18)30)32-23-13-8-14-24(33)26(23)25(19-9-4-2-5-10-19)27(29(32)31)28(34)20-11-6-3-7-12-20/h2-7,9-12,15-17,25,31,34H,8,13-14H2,1H3/t25-/m1/s1. The predicted octanol–water partition coefficient (Wildman–Crippen LogP) is 7.21. The van der Waals surface area contributed by atoms with Crippen molar-refractivity contribution < 1.29 is 9.90 Å². The third kappa shape index (κ3) is 3.74. The Bertz CT molecular complexity index is 1340. The molecule has 3 aromatic rings. The van der Waals surface area contributed by atoms with Crippen molar-refractivity contribution in [3.8, 4) is 0 Å². The highest BCUT2D eigenvalue weighted by molar-refractivity contribution is 6.32. The molecule has 2 aliphatic rings. The minimum absolute atomic E-state index is 0.00702. The molecule has 4 nitrogen and oxygen atoms in total. The molecule has 1 aliphatic heterocycles. The number of carbonyl (C=O) groups excluding carboxylic acids is 1. The lowest BCUT2D eigenvalue weighted by atomic mass is 9.73. The number of ketones is 1. The van der Waals surface area contributed by atoms with E-state index in [4.69, 9.17) is 11.6 Å². The Kier molecular flexibility index (Phi) is 5.84. The summed E-state index contributed by atoms with van der Waals surface area (Å²) in [6, 6.07) is 24.6. The average molecular weight is 469 g/mol. The Balaban J connectivity index is 1.83. The van der Waals surface area contributed by atoms with Gasteiger partial charge in [0.1, 0.15) is 11.6 Å². The molecule has 1 heterocycles. The number of hydrogen-bond donors (Lipinski definition) is 2. The molecule has 170 valence electrons. The summed E-state index contributed by atoms with van der Waals surface area (Å²) in [6.07, 6.45) is 1.86. The number of benzene rings is 3. The van der Waals surface area contributed by atoms with Crippen LogP contribution in [0.5, 0.6) is 0 Å². The fourth-order valence-corrected chi connectivity index (χ4v) is 5.10. The van der Waals surface area contributed by atoms with Crippen LogP contribution in [0.4, 0.5) is 5.69 Å². The van der Waals surface area contributed by atoms with Gasteiger partial charge in [-0.15, -0.1) is 0 Å². The highest BCUT2D eigenvalue weighted by Crippen LogP contribution is 2.48. The number of carbonyl (C=O) groups is 1. The summed E-state index contributed by atoms with van der Waals surface area (Å²) < 4.78 is 0. The van der Waals surface area contributed by atoms with Crippen LogP contribution in [0.15, 0.2) is 95.7 Å².